The molecule has 1 unspecified atom stereocenters. The van der Waals surface area contributed by atoms with E-state index in [-0.39, 0.29) is 5.91 Å². The molecule has 2 N–H and O–H groups in total. The van der Waals surface area contributed by atoms with E-state index in [1.54, 1.807) is 12.1 Å². The van der Waals surface area contributed by atoms with Crippen molar-refractivity contribution in [2.24, 2.45) is 0 Å². The molecule has 0 aliphatic carbocycles. The Morgan fingerprint density at radius 2 is 2.30 bits per heavy atom. The molecule has 1 amide bonds. The molecule has 122 valence electrons. The predicted molar refractivity (Wildman–Crippen MR) is 94.6 cm³/mol. The van der Waals surface area contributed by atoms with E-state index in [2.05, 4.69) is 15.6 Å². The second-order valence-corrected chi connectivity index (χ2v) is 7.19. The molecule has 1 aliphatic heterocycles. The average molecular weight is 370 g/mol. The summed E-state index contributed by atoms with van der Waals surface area (Å²) in [6, 6.07) is 5.69. The monoisotopic (exact) mass is 369 g/mol. The predicted octanol–water partition coefficient (Wildman–Crippen LogP) is 3.85. The van der Waals surface area contributed by atoms with Crippen LogP contribution >= 0.6 is 34.5 Å². The summed E-state index contributed by atoms with van der Waals surface area (Å²) in [6.07, 6.45) is 2.90. The number of amides is 1. The number of benzene rings is 1. The highest BCUT2D eigenvalue weighted by Crippen LogP contribution is 2.26. The molecule has 4 nitrogen and oxygen atoms in total. The highest BCUT2D eigenvalue weighted by molar-refractivity contribution is 7.09. The van der Waals surface area contributed by atoms with Gasteiger partial charge in [0.15, 0.2) is 0 Å². The van der Waals surface area contributed by atoms with Crippen molar-refractivity contribution in [3.8, 4) is 0 Å². The zero-order valence-corrected chi connectivity index (χ0v) is 14.8. The van der Waals surface area contributed by atoms with Crippen molar-refractivity contribution in [3.63, 3.8) is 0 Å². The van der Waals surface area contributed by atoms with Gasteiger partial charge in [-0.25, -0.2) is 4.98 Å². The van der Waals surface area contributed by atoms with Crippen molar-refractivity contribution in [1.82, 2.24) is 15.6 Å². The Balaban J connectivity index is 1.53. The Kier molecular flexibility index (Phi) is 5.54. The fourth-order valence-corrected chi connectivity index (χ4v) is 3.98. The van der Waals surface area contributed by atoms with E-state index in [9.17, 15) is 4.79 Å². The molecule has 2 heterocycles. The fourth-order valence-electron chi connectivity index (χ4n) is 2.57. The van der Waals surface area contributed by atoms with Gasteiger partial charge >= 0.3 is 0 Å². The topological polar surface area (TPSA) is 54.0 Å². The van der Waals surface area contributed by atoms with Gasteiger partial charge in [-0.05, 0) is 43.5 Å². The Bertz CT molecular complexity index is 698. The van der Waals surface area contributed by atoms with Crippen LogP contribution in [0.1, 0.15) is 39.9 Å². The van der Waals surface area contributed by atoms with Crippen molar-refractivity contribution < 1.29 is 4.79 Å². The highest BCUT2D eigenvalue weighted by Gasteiger charge is 2.20. The minimum Gasteiger partial charge on any atom is -0.350 e. The van der Waals surface area contributed by atoms with Crippen molar-refractivity contribution in [3.05, 3.63) is 49.9 Å². The number of hydrogen-bond acceptors (Lipinski definition) is 4. The Morgan fingerprint density at radius 1 is 1.43 bits per heavy atom. The Morgan fingerprint density at radius 3 is 3.04 bits per heavy atom. The lowest BCUT2D eigenvalue weighted by Gasteiger charge is -2.06. The molecule has 3 rings (SSSR count). The van der Waals surface area contributed by atoms with Crippen molar-refractivity contribution in [2.75, 3.05) is 13.1 Å². The van der Waals surface area contributed by atoms with Crippen LogP contribution in [-0.2, 0) is 6.42 Å². The van der Waals surface area contributed by atoms with Crippen LogP contribution in [0, 0.1) is 0 Å². The Labute approximate surface area is 149 Å². The van der Waals surface area contributed by atoms with Crippen LogP contribution in [0.15, 0.2) is 23.6 Å². The number of thiazole rings is 1. The first-order valence-corrected chi connectivity index (χ1v) is 9.18. The number of carbonyl (C=O) groups excluding carboxylic acids is 1. The molecule has 0 bridgehead atoms. The smallest absolute Gasteiger partial charge is 0.270 e. The molecule has 23 heavy (non-hydrogen) atoms. The molecule has 0 spiro atoms. The van der Waals surface area contributed by atoms with E-state index in [4.69, 9.17) is 23.2 Å². The average Bonchev–Trinajstić information content (AvgIpc) is 3.20. The second-order valence-electron chi connectivity index (χ2n) is 5.46. The number of aromatic nitrogens is 1. The molecule has 0 radical (unpaired) electrons. The third kappa shape index (κ3) is 4.23. The minimum atomic E-state index is -0.143. The molecular formula is C16H17Cl2N3OS. The highest BCUT2D eigenvalue weighted by atomic mass is 35.5. The van der Waals surface area contributed by atoms with E-state index in [1.807, 2.05) is 11.4 Å². The molecule has 1 fully saturated rings. The number of rotatable bonds is 5. The first-order chi connectivity index (χ1) is 11.1. The summed E-state index contributed by atoms with van der Waals surface area (Å²) in [5, 5.41) is 10.3. The van der Waals surface area contributed by atoms with Crippen molar-refractivity contribution in [2.45, 2.75) is 25.3 Å². The molecule has 1 saturated heterocycles. The number of hydrogen-bond donors (Lipinski definition) is 2. The summed E-state index contributed by atoms with van der Waals surface area (Å²) in [4.78, 5) is 16.6. The lowest BCUT2D eigenvalue weighted by Crippen LogP contribution is -2.26. The zero-order chi connectivity index (χ0) is 16.2. The van der Waals surface area contributed by atoms with Crippen LogP contribution in [0.3, 0.4) is 0 Å². The first kappa shape index (κ1) is 16.7. The summed E-state index contributed by atoms with van der Waals surface area (Å²) in [5.74, 6) is -0.143. The van der Waals surface area contributed by atoms with Crippen molar-refractivity contribution in [1.29, 1.82) is 0 Å². The maximum absolute atomic E-state index is 12.2. The third-order valence-corrected chi connectivity index (χ3v) is 5.35. The first-order valence-electron chi connectivity index (χ1n) is 7.54. The largest absolute Gasteiger partial charge is 0.350 e. The summed E-state index contributed by atoms with van der Waals surface area (Å²) >= 11 is 13.5. The number of nitrogens with zero attached hydrogens (tertiary/aromatic N) is 1. The van der Waals surface area contributed by atoms with Crippen LogP contribution in [-0.4, -0.2) is 24.0 Å². The van der Waals surface area contributed by atoms with Gasteiger partial charge in [-0.15, -0.1) is 11.3 Å². The number of carbonyl (C=O) groups is 1. The van der Waals surface area contributed by atoms with Crippen LogP contribution in [0.4, 0.5) is 0 Å². The summed E-state index contributed by atoms with van der Waals surface area (Å²) < 4.78 is 0. The molecular weight excluding hydrogens is 353 g/mol. The van der Waals surface area contributed by atoms with Gasteiger partial charge in [0.2, 0.25) is 0 Å². The number of nitrogens with one attached hydrogen (secondary N) is 2. The van der Waals surface area contributed by atoms with E-state index in [0.29, 0.717) is 34.7 Å². The molecule has 1 aromatic carbocycles. The molecule has 0 saturated carbocycles. The lowest BCUT2D eigenvalue weighted by atomic mass is 10.1. The van der Waals surface area contributed by atoms with E-state index in [1.165, 1.54) is 11.3 Å². The van der Waals surface area contributed by atoms with Gasteiger partial charge in [0.25, 0.3) is 5.91 Å². The van der Waals surface area contributed by atoms with Gasteiger partial charge in [0.05, 0.1) is 6.04 Å². The fraction of sp³-hybridized carbons (Fsp3) is 0.375. The normalized spacial score (nSPS) is 17.4. The molecule has 1 atom stereocenters. The lowest BCUT2D eigenvalue weighted by molar-refractivity contribution is 0.0949. The SMILES string of the molecule is O=C(NCCc1ccc(Cl)cc1Cl)c1csc(C2CCCN2)n1. The maximum atomic E-state index is 12.2. The quantitative estimate of drug-likeness (QED) is 0.841. The summed E-state index contributed by atoms with van der Waals surface area (Å²) in [6.45, 7) is 1.53. The molecule has 7 heteroatoms. The van der Waals surface area contributed by atoms with Gasteiger partial charge < -0.3 is 10.6 Å². The van der Waals surface area contributed by atoms with E-state index >= 15 is 0 Å². The van der Waals surface area contributed by atoms with Crippen LogP contribution in [0.25, 0.3) is 0 Å². The standard InChI is InChI=1S/C16H17Cl2N3OS/c17-11-4-3-10(12(18)8-11)5-7-20-15(22)14-9-23-16(21-14)13-2-1-6-19-13/h3-4,8-9,13,19H,1-2,5-7H2,(H,20,22). The summed E-state index contributed by atoms with van der Waals surface area (Å²) in [5.41, 5.74) is 1.45. The molecule has 2 aromatic rings. The van der Waals surface area contributed by atoms with Crippen LogP contribution in [0.5, 0.6) is 0 Å². The molecule has 1 aromatic heterocycles. The number of halogens is 2. The van der Waals surface area contributed by atoms with Gasteiger partial charge in [0.1, 0.15) is 10.7 Å². The third-order valence-electron chi connectivity index (χ3n) is 3.81. The zero-order valence-electron chi connectivity index (χ0n) is 12.4. The van der Waals surface area contributed by atoms with Gasteiger partial charge in [-0.2, -0.15) is 0 Å². The van der Waals surface area contributed by atoms with Gasteiger partial charge in [0, 0.05) is 22.0 Å². The van der Waals surface area contributed by atoms with Crippen molar-refractivity contribution >= 4 is 40.4 Å². The maximum Gasteiger partial charge on any atom is 0.270 e. The van der Waals surface area contributed by atoms with Gasteiger partial charge in [-0.1, -0.05) is 29.3 Å². The second kappa shape index (κ2) is 7.62. The van der Waals surface area contributed by atoms with Crippen LogP contribution < -0.4 is 10.6 Å². The summed E-state index contributed by atoms with van der Waals surface area (Å²) in [7, 11) is 0. The van der Waals surface area contributed by atoms with Crippen LogP contribution in [0.2, 0.25) is 10.0 Å². The minimum absolute atomic E-state index is 0.143. The van der Waals surface area contributed by atoms with E-state index < -0.39 is 0 Å². The van der Waals surface area contributed by atoms with E-state index in [0.717, 1.165) is 30.0 Å². The Hall–Kier alpha value is -1.14. The van der Waals surface area contributed by atoms with Gasteiger partial charge in [-0.3, -0.25) is 4.79 Å². The molecule has 1 aliphatic rings.